The van der Waals surface area contributed by atoms with Crippen molar-refractivity contribution < 1.29 is 0 Å². The lowest BCUT2D eigenvalue weighted by atomic mass is 9.93. The molecular formula is C16H30N2. The van der Waals surface area contributed by atoms with Crippen molar-refractivity contribution in [2.45, 2.75) is 65.2 Å². The summed E-state index contributed by atoms with van der Waals surface area (Å²) in [7, 11) is 0. The average molecular weight is 250 g/mol. The summed E-state index contributed by atoms with van der Waals surface area (Å²) >= 11 is 0. The van der Waals surface area contributed by atoms with Crippen molar-refractivity contribution in [2.75, 3.05) is 0 Å². The number of aliphatic imine (C=N–C) groups is 1. The van der Waals surface area contributed by atoms with Crippen LogP contribution in [0.2, 0.25) is 0 Å². The van der Waals surface area contributed by atoms with Gasteiger partial charge in [-0.1, -0.05) is 59.0 Å². The fourth-order valence-corrected chi connectivity index (χ4v) is 2.11. The highest BCUT2D eigenvalue weighted by atomic mass is 14.7. The number of nitrogens with zero attached hydrogens (tertiary/aromatic N) is 1. The van der Waals surface area contributed by atoms with Gasteiger partial charge in [0, 0.05) is 17.8 Å². The van der Waals surface area contributed by atoms with E-state index < -0.39 is 0 Å². The molecule has 0 spiro atoms. The number of unbranched alkanes of at least 4 members (excludes halogenated alkanes) is 4. The molecule has 1 atom stereocenters. The van der Waals surface area contributed by atoms with Crippen LogP contribution >= 0.6 is 0 Å². The Kier molecular flexibility index (Phi) is 11.7. The maximum Gasteiger partial charge on any atom is 0.0362 e. The van der Waals surface area contributed by atoms with E-state index in [0.29, 0.717) is 5.92 Å². The third-order valence-electron chi connectivity index (χ3n) is 3.20. The lowest BCUT2D eigenvalue weighted by Crippen LogP contribution is -2.02. The molecule has 0 aliphatic carbocycles. The first-order valence-corrected chi connectivity index (χ1v) is 7.35. The highest BCUT2D eigenvalue weighted by molar-refractivity contribution is 5.71. The summed E-state index contributed by atoms with van der Waals surface area (Å²) in [6, 6.07) is 0. The summed E-state index contributed by atoms with van der Waals surface area (Å²) in [6.45, 7) is 8.56. The van der Waals surface area contributed by atoms with E-state index in [2.05, 4.69) is 25.4 Å². The molecule has 18 heavy (non-hydrogen) atoms. The fourth-order valence-electron chi connectivity index (χ4n) is 2.11. The van der Waals surface area contributed by atoms with Gasteiger partial charge >= 0.3 is 0 Å². The molecule has 0 radical (unpaired) electrons. The van der Waals surface area contributed by atoms with E-state index in [9.17, 15) is 0 Å². The van der Waals surface area contributed by atoms with E-state index in [1.54, 1.807) is 12.3 Å². The van der Waals surface area contributed by atoms with Crippen LogP contribution in [0.5, 0.6) is 0 Å². The first-order valence-electron chi connectivity index (χ1n) is 7.35. The topological polar surface area (TPSA) is 38.4 Å². The van der Waals surface area contributed by atoms with Gasteiger partial charge < -0.3 is 5.73 Å². The van der Waals surface area contributed by atoms with Crippen molar-refractivity contribution in [2.24, 2.45) is 16.6 Å². The van der Waals surface area contributed by atoms with E-state index in [4.69, 9.17) is 5.73 Å². The molecule has 0 saturated carbocycles. The monoisotopic (exact) mass is 250 g/mol. The van der Waals surface area contributed by atoms with Crippen molar-refractivity contribution in [1.29, 1.82) is 0 Å². The molecule has 1 unspecified atom stereocenters. The van der Waals surface area contributed by atoms with Crippen LogP contribution in [0.25, 0.3) is 0 Å². The van der Waals surface area contributed by atoms with Gasteiger partial charge in [-0.15, -0.1) is 0 Å². The van der Waals surface area contributed by atoms with Crippen LogP contribution in [0.4, 0.5) is 0 Å². The van der Waals surface area contributed by atoms with Gasteiger partial charge in [-0.05, 0) is 25.1 Å². The Labute approximate surface area is 113 Å². The van der Waals surface area contributed by atoms with Crippen LogP contribution in [0, 0.1) is 5.92 Å². The Morgan fingerprint density at radius 1 is 1.11 bits per heavy atom. The van der Waals surface area contributed by atoms with Gasteiger partial charge in [-0.25, -0.2) is 0 Å². The van der Waals surface area contributed by atoms with Crippen molar-refractivity contribution >= 4 is 6.21 Å². The van der Waals surface area contributed by atoms with E-state index in [1.807, 2.05) is 0 Å². The molecule has 2 heteroatoms. The highest BCUT2D eigenvalue weighted by Crippen LogP contribution is 2.23. The van der Waals surface area contributed by atoms with Crippen LogP contribution in [0.3, 0.4) is 0 Å². The second-order valence-corrected chi connectivity index (χ2v) is 4.84. The van der Waals surface area contributed by atoms with E-state index in [1.165, 1.54) is 57.6 Å². The molecule has 0 aliphatic rings. The summed E-state index contributed by atoms with van der Waals surface area (Å²) in [5, 5.41) is 0. The summed E-state index contributed by atoms with van der Waals surface area (Å²) in [5.41, 5.74) is 6.28. The molecule has 104 valence electrons. The van der Waals surface area contributed by atoms with Crippen LogP contribution in [-0.2, 0) is 0 Å². The normalized spacial score (nSPS) is 13.4. The summed E-state index contributed by atoms with van der Waals surface area (Å²) < 4.78 is 0. The molecule has 0 heterocycles. The Bertz CT molecular complexity index is 254. The minimum absolute atomic E-state index is 0.541. The quantitative estimate of drug-likeness (QED) is 0.414. The van der Waals surface area contributed by atoms with E-state index in [-0.39, 0.29) is 0 Å². The predicted octanol–water partition coefficient (Wildman–Crippen LogP) is 4.82. The minimum Gasteiger partial charge on any atom is -0.405 e. The molecule has 2 N–H and O–H groups in total. The Balaban J connectivity index is 4.00. The molecule has 0 aliphatic heterocycles. The third-order valence-corrected chi connectivity index (χ3v) is 3.20. The molecule has 2 nitrogen and oxygen atoms in total. The zero-order valence-corrected chi connectivity index (χ0v) is 12.2. The number of nitrogens with two attached hydrogens (primary N) is 1. The molecule has 0 aromatic heterocycles. The average Bonchev–Trinajstić information content (AvgIpc) is 2.37. The fraction of sp³-hybridized carbons (Fsp3) is 0.688. The second kappa shape index (κ2) is 12.4. The van der Waals surface area contributed by atoms with Gasteiger partial charge in [0.05, 0.1) is 0 Å². The molecule has 0 aromatic carbocycles. The Morgan fingerprint density at radius 3 is 2.44 bits per heavy atom. The standard InChI is InChI=1S/C16H30N2/c1-4-6-7-8-9-12-16(11-5-2)15(3)18-14-10-13-17/h10,13-14,16H,3-9,11-12,17H2,1-2H3/b13-10-,18-14?. The summed E-state index contributed by atoms with van der Waals surface area (Å²) in [4.78, 5) is 4.36. The van der Waals surface area contributed by atoms with Gasteiger partial charge in [0.15, 0.2) is 0 Å². The van der Waals surface area contributed by atoms with Gasteiger partial charge in [0.1, 0.15) is 0 Å². The molecule has 0 saturated heterocycles. The zero-order valence-electron chi connectivity index (χ0n) is 12.2. The smallest absolute Gasteiger partial charge is 0.0362 e. The highest BCUT2D eigenvalue weighted by Gasteiger charge is 2.10. The van der Waals surface area contributed by atoms with Crippen molar-refractivity contribution in [3.63, 3.8) is 0 Å². The number of rotatable bonds is 11. The molecular weight excluding hydrogens is 220 g/mol. The SMILES string of the molecule is C=C(N=C/C=C\N)C(CCC)CCCCCCC. The maximum atomic E-state index is 5.27. The summed E-state index contributed by atoms with van der Waals surface area (Å²) in [6.07, 6.45) is 15.3. The van der Waals surface area contributed by atoms with Crippen LogP contribution in [-0.4, -0.2) is 6.21 Å². The van der Waals surface area contributed by atoms with Crippen LogP contribution < -0.4 is 5.73 Å². The first kappa shape index (κ1) is 16.9. The zero-order chi connectivity index (χ0) is 13.6. The van der Waals surface area contributed by atoms with Gasteiger partial charge in [-0.3, -0.25) is 4.99 Å². The molecule has 0 aromatic rings. The molecule has 0 amide bonds. The van der Waals surface area contributed by atoms with Crippen LogP contribution in [0.15, 0.2) is 29.5 Å². The lowest BCUT2D eigenvalue weighted by Gasteiger charge is -2.15. The maximum absolute atomic E-state index is 5.27. The third kappa shape index (κ3) is 9.03. The Morgan fingerprint density at radius 2 is 1.83 bits per heavy atom. The number of hydrogen-bond donors (Lipinski definition) is 1. The lowest BCUT2D eigenvalue weighted by molar-refractivity contribution is 0.471. The van der Waals surface area contributed by atoms with Crippen molar-refractivity contribution in [3.8, 4) is 0 Å². The van der Waals surface area contributed by atoms with Gasteiger partial charge in [0.2, 0.25) is 0 Å². The van der Waals surface area contributed by atoms with Crippen molar-refractivity contribution in [3.05, 3.63) is 24.6 Å². The van der Waals surface area contributed by atoms with Crippen molar-refractivity contribution in [1.82, 2.24) is 0 Å². The predicted molar refractivity (Wildman–Crippen MR) is 82.7 cm³/mol. The molecule has 0 fully saturated rings. The molecule has 0 bridgehead atoms. The largest absolute Gasteiger partial charge is 0.405 e. The molecule has 0 rings (SSSR count). The Hall–Kier alpha value is -1.05. The van der Waals surface area contributed by atoms with Gasteiger partial charge in [0.25, 0.3) is 0 Å². The number of hydrogen-bond acceptors (Lipinski definition) is 2. The van der Waals surface area contributed by atoms with Crippen LogP contribution in [0.1, 0.15) is 65.2 Å². The first-order chi connectivity index (χ1) is 8.76. The minimum atomic E-state index is 0.541. The summed E-state index contributed by atoms with van der Waals surface area (Å²) in [5.74, 6) is 0.541. The second-order valence-electron chi connectivity index (χ2n) is 4.84. The number of allylic oxidation sites excluding steroid dienone is 2. The van der Waals surface area contributed by atoms with Gasteiger partial charge in [-0.2, -0.15) is 0 Å². The van der Waals surface area contributed by atoms with E-state index in [0.717, 1.165) is 5.70 Å². The van der Waals surface area contributed by atoms with E-state index >= 15 is 0 Å².